The predicted molar refractivity (Wildman–Crippen MR) is 44.8 cm³/mol. The molecular weight excluding hydrogens is 156 g/mol. The van der Waals surface area contributed by atoms with Crippen molar-refractivity contribution in [3.8, 4) is 0 Å². The zero-order chi connectivity index (χ0) is 9.03. The maximum atomic E-state index is 10.8. The Morgan fingerprint density at radius 2 is 2.50 bits per heavy atom. The summed E-state index contributed by atoms with van der Waals surface area (Å²) >= 11 is 0. The quantitative estimate of drug-likeness (QED) is 0.636. The smallest absolute Gasteiger partial charge is 0.151 e. The first-order valence-electron chi connectivity index (χ1n) is 4.43. The van der Waals surface area contributed by atoms with Crippen molar-refractivity contribution in [1.29, 1.82) is 0 Å². The Morgan fingerprint density at radius 3 is 2.92 bits per heavy atom. The predicted octanol–water partition coefficient (Wildman–Crippen LogP) is 0.753. The average Bonchev–Trinajstić information content (AvgIpc) is 2.54. The number of carbonyl (C=O) groups excluding carboxylic acids is 1. The highest BCUT2D eigenvalue weighted by molar-refractivity contribution is 5.62. The normalized spacial score (nSPS) is 31.8. The third kappa shape index (κ3) is 2.05. The zero-order valence-electron chi connectivity index (χ0n) is 7.45. The number of ether oxygens (including phenoxy) is 1. The number of aliphatic hydroxyl groups excluding tert-OH is 1. The van der Waals surface area contributed by atoms with E-state index in [4.69, 9.17) is 9.84 Å². The lowest BCUT2D eigenvalue weighted by Crippen LogP contribution is -2.32. The summed E-state index contributed by atoms with van der Waals surface area (Å²) in [6.45, 7) is 2.72. The molecule has 0 aromatic rings. The van der Waals surface area contributed by atoms with Crippen LogP contribution < -0.4 is 0 Å². The number of aliphatic hydroxyl groups is 1. The van der Waals surface area contributed by atoms with Gasteiger partial charge in [-0.3, -0.25) is 0 Å². The van der Waals surface area contributed by atoms with Gasteiger partial charge in [-0.05, 0) is 25.2 Å². The highest BCUT2D eigenvalue weighted by Crippen LogP contribution is 2.29. The minimum absolute atomic E-state index is 0.124. The van der Waals surface area contributed by atoms with E-state index in [1.54, 1.807) is 0 Å². The van der Waals surface area contributed by atoms with E-state index in [-0.39, 0.29) is 12.5 Å². The molecule has 1 saturated heterocycles. The summed E-state index contributed by atoms with van der Waals surface area (Å²) in [4.78, 5) is 10.8. The van der Waals surface area contributed by atoms with Gasteiger partial charge in [-0.25, -0.2) is 0 Å². The maximum Gasteiger partial charge on any atom is 0.151 e. The van der Waals surface area contributed by atoms with Gasteiger partial charge in [0.15, 0.2) is 6.29 Å². The Bertz CT molecular complexity index is 150. The molecule has 0 amide bonds. The molecule has 0 radical (unpaired) electrons. The lowest BCUT2D eigenvalue weighted by molar-refractivity contribution is -0.127. The Kier molecular flexibility index (Phi) is 3.23. The molecule has 12 heavy (non-hydrogen) atoms. The summed E-state index contributed by atoms with van der Waals surface area (Å²) in [6.07, 6.45) is 3.30. The zero-order valence-corrected chi connectivity index (χ0v) is 7.45. The lowest BCUT2D eigenvalue weighted by Gasteiger charge is -2.24. The molecule has 0 saturated carbocycles. The second kappa shape index (κ2) is 4.01. The van der Waals surface area contributed by atoms with E-state index in [0.717, 1.165) is 19.1 Å². The second-order valence-corrected chi connectivity index (χ2v) is 3.63. The third-order valence-electron chi connectivity index (χ3n) is 2.35. The first-order chi connectivity index (χ1) is 5.72. The molecule has 0 aliphatic carbocycles. The molecule has 3 heteroatoms. The van der Waals surface area contributed by atoms with Crippen LogP contribution in [0.3, 0.4) is 0 Å². The number of hydrogen-bond donors (Lipinski definition) is 1. The number of rotatable bonds is 4. The largest absolute Gasteiger partial charge is 0.396 e. The number of aldehydes is 1. The van der Waals surface area contributed by atoms with Crippen LogP contribution in [-0.4, -0.2) is 30.2 Å². The molecule has 0 aromatic carbocycles. The fourth-order valence-electron chi connectivity index (χ4n) is 1.68. The van der Waals surface area contributed by atoms with Crippen molar-refractivity contribution in [3.63, 3.8) is 0 Å². The van der Waals surface area contributed by atoms with E-state index in [1.807, 2.05) is 6.92 Å². The molecule has 70 valence electrons. The van der Waals surface area contributed by atoms with Crippen LogP contribution in [0.4, 0.5) is 0 Å². The van der Waals surface area contributed by atoms with Gasteiger partial charge >= 0.3 is 0 Å². The molecule has 1 fully saturated rings. The van der Waals surface area contributed by atoms with Gasteiger partial charge in [0.25, 0.3) is 0 Å². The molecule has 1 aliphatic heterocycles. The molecular formula is C9H16O3. The fraction of sp³-hybridized carbons (Fsp3) is 0.889. The van der Waals surface area contributed by atoms with E-state index in [1.165, 1.54) is 0 Å². The van der Waals surface area contributed by atoms with Crippen LogP contribution >= 0.6 is 0 Å². The van der Waals surface area contributed by atoms with Gasteiger partial charge in [0.1, 0.15) is 5.60 Å². The van der Waals surface area contributed by atoms with E-state index < -0.39 is 5.60 Å². The SMILES string of the molecule is CC(CO)CC1(C=O)CCCO1. The third-order valence-corrected chi connectivity index (χ3v) is 2.35. The van der Waals surface area contributed by atoms with Gasteiger partial charge in [0.2, 0.25) is 0 Å². The standard InChI is InChI=1S/C9H16O3/c1-8(6-10)5-9(7-11)3-2-4-12-9/h7-8,10H,2-6H2,1H3. The molecule has 2 unspecified atom stereocenters. The number of carbonyl (C=O) groups is 1. The summed E-state index contributed by atoms with van der Waals surface area (Å²) in [7, 11) is 0. The molecule has 2 atom stereocenters. The van der Waals surface area contributed by atoms with Crippen LogP contribution in [0, 0.1) is 5.92 Å². The van der Waals surface area contributed by atoms with Crippen molar-refractivity contribution >= 4 is 6.29 Å². The number of hydrogen-bond acceptors (Lipinski definition) is 3. The molecule has 3 nitrogen and oxygen atoms in total. The monoisotopic (exact) mass is 172 g/mol. The molecule has 0 aromatic heterocycles. The van der Waals surface area contributed by atoms with Crippen molar-refractivity contribution in [3.05, 3.63) is 0 Å². The Morgan fingerprint density at radius 1 is 1.75 bits per heavy atom. The summed E-state index contributed by atoms with van der Waals surface area (Å²) in [6, 6.07) is 0. The Labute approximate surface area is 72.7 Å². The summed E-state index contributed by atoms with van der Waals surface area (Å²) in [5.74, 6) is 0.147. The Hall–Kier alpha value is -0.410. The first-order valence-corrected chi connectivity index (χ1v) is 4.43. The van der Waals surface area contributed by atoms with Crippen molar-refractivity contribution < 1.29 is 14.6 Å². The molecule has 1 rings (SSSR count). The molecule has 1 N–H and O–H groups in total. The van der Waals surface area contributed by atoms with E-state index >= 15 is 0 Å². The van der Waals surface area contributed by atoms with Crippen LogP contribution in [-0.2, 0) is 9.53 Å². The summed E-state index contributed by atoms with van der Waals surface area (Å²) < 4.78 is 5.38. The van der Waals surface area contributed by atoms with Crippen LogP contribution in [0.5, 0.6) is 0 Å². The van der Waals surface area contributed by atoms with Crippen molar-refractivity contribution in [2.24, 2.45) is 5.92 Å². The highest BCUT2D eigenvalue weighted by Gasteiger charge is 2.35. The summed E-state index contributed by atoms with van der Waals surface area (Å²) in [5, 5.41) is 8.83. The summed E-state index contributed by atoms with van der Waals surface area (Å²) in [5.41, 5.74) is -0.581. The van der Waals surface area contributed by atoms with Gasteiger partial charge in [-0.15, -0.1) is 0 Å². The van der Waals surface area contributed by atoms with Crippen molar-refractivity contribution in [2.75, 3.05) is 13.2 Å². The average molecular weight is 172 g/mol. The van der Waals surface area contributed by atoms with E-state index in [2.05, 4.69) is 0 Å². The second-order valence-electron chi connectivity index (χ2n) is 3.63. The van der Waals surface area contributed by atoms with Crippen molar-refractivity contribution in [2.45, 2.75) is 31.8 Å². The van der Waals surface area contributed by atoms with Gasteiger partial charge in [-0.1, -0.05) is 6.92 Å². The van der Waals surface area contributed by atoms with Crippen LogP contribution in [0.15, 0.2) is 0 Å². The molecule has 0 bridgehead atoms. The van der Waals surface area contributed by atoms with E-state index in [9.17, 15) is 4.79 Å². The highest BCUT2D eigenvalue weighted by atomic mass is 16.5. The molecule has 1 aliphatic rings. The maximum absolute atomic E-state index is 10.8. The van der Waals surface area contributed by atoms with Crippen LogP contribution in [0.2, 0.25) is 0 Å². The fourth-order valence-corrected chi connectivity index (χ4v) is 1.68. The van der Waals surface area contributed by atoms with Gasteiger partial charge in [0.05, 0.1) is 0 Å². The van der Waals surface area contributed by atoms with E-state index in [0.29, 0.717) is 13.0 Å². The lowest BCUT2D eigenvalue weighted by atomic mass is 9.91. The first kappa shape index (κ1) is 9.68. The Balaban J connectivity index is 2.49. The van der Waals surface area contributed by atoms with Crippen molar-refractivity contribution in [1.82, 2.24) is 0 Å². The van der Waals surface area contributed by atoms with Gasteiger partial charge in [0, 0.05) is 13.2 Å². The molecule has 1 heterocycles. The van der Waals surface area contributed by atoms with Gasteiger partial charge in [-0.2, -0.15) is 0 Å². The topological polar surface area (TPSA) is 46.5 Å². The van der Waals surface area contributed by atoms with Crippen LogP contribution in [0.25, 0.3) is 0 Å². The van der Waals surface area contributed by atoms with Gasteiger partial charge < -0.3 is 14.6 Å². The minimum atomic E-state index is -0.581. The minimum Gasteiger partial charge on any atom is -0.396 e. The van der Waals surface area contributed by atoms with Crippen LogP contribution in [0.1, 0.15) is 26.2 Å². The molecule has 0 spiro atoms.